The number of nitrogens with zero attached hydrogens (tertiary/aromatic N) is 4. The van der Waals surface area contributed by atoms with Crippen molar-refractivity contribution in [1.82, 2.24) is 30.2 Å². The zero-order valence-corrected chi connectivity index (χ0v) is 60.5. The van der Waals surface area contributed by atoms with Crippen molar-refractivity contribution in [1.29, 1.82) is 0 Å². The average molecular weight is 1380 g/mol. The Morgan fingerprint density at radius 3 is 1.96 bits per heavy atom. The second-order valence-electron chi connectivity index (χ2n) is 28.3. The largest absolute Gasteiger partial charge is 0.445 e. The van der Waals surface area contributed by atoms with E-state index in [9.17, 15) is 66.2 Å². The molecule has 0 spiro atoms. The summed E-state index contributed by atoms with van der Waals surface area (Å²) in [6, 6.07) is 9.31. The quantitative estimate of drug-likeness (QED) is 0.0305. The number of ketones is 3. The molecule has 0 aliphatic carbocycles. The smallest absolute Gasteiger partial charge is 0.410 e. The number of anilines is 1. The van der Waals surface area contributed by atoms with E-state index in [1.807, 2.05) is 65.0 Å². The molecule has 22 nitrogen and oxygen atoms in total. The highest BCUT2D eigenvalue weighted by atomic mass is 19.4. The van der Waals surface area contributed by atoms with Gasteiger partial charge >= 0.3 is 18.3 Å². The summed E-state index contributed by atoms with van der Waals surface area (Å²) >= 11 is 0. The number of hydrogen-bond acceptors (Lipinski definition) is 15. The predicted octanol–water partition coefficient (Wildman–Crippen LogP) is 10.2. The first-order chi connectivity index (χ1) is 46.1. The number of likely N-dealkylation sites (tertiary alicyclic amines) is 2. The molecule has 25 heteroatoms. The number of carbonyl (C=O) groups excluding carboxylic acids is 10. The van der Waals surface area contributed by atoms with Crippen LogP contribution in [0.5, 0.6) is 0 Å². The lowest BCUT2D eigenvalue weighted by Crippen LogP contribution is -2.54. The van der Waals surface area contributed by atoms with Gasteiger partial charge in [-0.25, -0.2) is 9.59 Å². The Balaban J connectivity index is 1.40. The molecule has 0 bridgehead atoms. The summed E-state index contributed by atoms with van der Waals surface area (Å²) < 4.78 is 61.4. The number of rotatable bonds is 42. The molecule has 2 aliphatic rings. The number of likely N-dealkylation sites (N-methyl/N-ethyl adjacent to an activating group) is 2. The number of benzene rings is 2. The van der Waals surface area contributed by atoms with Gasteiger partial charge in [-0.1, -0.05) is 138 Å². The van der Waals surface area contributed by atoms with E-state index in [-0.39, 0.29) is 124 Å². The SMILES string of the molecule is CC[C@H](C)[C@@H]([C@@H](CC(=O)N1CCC[C@H]1[C@H](OC)[C@@H](C)C(=O)C[C@H](C)[C@@H](O)c1ccccc1)OC)N(C)C(=O)[C@@H](CC(=O)[C@H](C(C)C)N(C)C(=O)OCc1ccc(NC(=O)[C@H](CCCNC(N)=O)CC(=O)[C@@H](N[C@H](CCCCCN2C(=O)CC(C)C2=O)C(F)(F)F)C(C)C)cc1)C(C)C. The summed E-state index contributed by atoms with van der Waals surface area (Å²) in [4.78, 5) is 141. The lowest BCUT2D eigenvalue weighted by molar-refractivity contribution is -0.161. The van der Waals surface area contributed by atoms with Crippen molar-refractivity contribution < 1.29 is 80.4 Å². The molecule has 98 heavy (non-hydrogen) atoms. The summed E-state index contributed by atoms with van der Waals surface area (Å²) in [5, 5.41) is 18.8. The third-order valence-corrected chi connectivity index (χ3v) is 19.8. The number of amides is 8. The van der Waals surface area contributed by atoms with Crippen LogP contribution in [0.1, 0.15) is 183 Å². The van der Waals surface area contributed by atoms with Gasteiger partial charge < -0.3 is 50.4 Å². The summed E-state index contributed by atoms with van der Waals surface area (Å²) in [5.41, 5.74) is 6.76. The lowest BCUT2D eigenvalue weighted by Gasteiger charge is -2.41. The number of carbonyl (C=O) groups is 10. The molecule has 2 aromatic rings. The normalized spacial score (nSPS) is 18.8. The highest BCUT2D eigenvalue weighted by Gasteiger charge is 2.46. The van der Waals surface area contributed by atoms with Crippen LogP contribution in [0, 0.1) is 53.3 Å². The number of aliphatic hydroxyl groups is 1. The third-order valence-electron chi connectivity index (χ3n) is 19.8. The second-order valence-corrected chi connectivity index (χ2v) is 28.3. The van der Waals surface area contributed by atoms with Crippen molar-refractivity contribution in [2.24, 2.45) is 59.0 Å². The Morgan fingerprint density at radius 1 is 0.755 bits per heavy atom. The molecule has 550 valence electrons. The molecule has 2 heterocycles. The molecule has 6 N–H and O–H groups in total. The number of nitrogens with one attached hydrogen (secondary N) is 3. The van der Waals surface area contributed by atoms with Crippen molar-refractivity contribution in [3.63, 3.8) is 0 Å². The fourth-order valence-corrected chi connectivity index (χ4v) is 13.8. The Hall–Kier alpha value is -6.83. The number of Topliss-reactive ketones (excluding diaryl/α,β-unsaturated/α-hetero) is 3. The van der Waals surface area contributed by atoms with Crippen molar-refractivity contribution >= 4 is 64.7 Å². The van der Waals surface area contributed by atoms with E-state index in [1.54, 1.807) is 89.8 Å². The monoisotopic (exact) mass is 1380 g/mol. The number of methoxy groups -OCH3 is 2. The summed E-state index contributed by atoms with van der Waals surface area (Å²) in [6.07, 6.45) is -5.65. The van der Waals surface area contributed by atoms with Gasteiger partial charge in [-0.3, -0.25) is 48.6 Å². The van der Waals surface area contributed by atoms with Crippen LogP contribution in [0.3, 0.4) is 0 Å². The first kappa shape index (κ1) is 83.6. The highest BCUT2D eigenvalue weighted by Crippen LogP contribution is 2.34. The lowest BCUT2D eigenvalue weighted by atomic mass is 9.83. The number of urea groups is 1. The fraction of sp³-hybridized carbons (Fsp3) is 0.699. The molecule has 0 aromatic heterocycles. The van der Waals surface area contributed by atoms with Gasteiger partial charge in [-0.05, 0) is 91.4 Å². The number of unbranched alkanes of at least 4 members (excludes halogenated alkanes) is 2. The molecule has 4 rings (SSSR count). The van der Waals surface area contributed by atoms with E-state index in [0.29, 0.717) is 49.9 Å². The fourth-order valence-electron chi connectivity index (χ4n) is 13.8. The van der Waals surface area contributed by atoms with Gasteiger partial charge in [-0.15, -0.1) is 0 Å². The van der Waals surface area contributed by atoms with Gasteiger partial charge in [0.05, 0.1) is 48.9 Å². The van der Waals surface area contributed by atoms with E-state index in [0.717, 1.165) is 10.5 Å². The van der Waals surface area contributed by atoms with Crippen molar-refractivity contribution in [2.75, 3.05) is 53.3 Å². The predicted molar refractivity (Wildman–Crippen MR) is 366 cm³/mol. The van der Waals surface area contributed by atoms with E-state index < -0.39 is 120 Å². The number of hydrogen-bond donors (Lipinski definition) is 5. The van der Waals surface area contributed by atoms with Gasteiger partial charge in [0.2, 0.25) is 29.5 Å². The number of imide groups is 1. The van der Waals surface area contributed by atoms with Crippen LogP contribution in [-0.4, -0.2) is 180 Å². The molecule has 1 unspecified atom stereocenters. The first-order valence-electron chi connectivity index (χ1n) is 35.0. The average Bonchev–Trinajstić information content (AvgIpc) is 1.75. The Kier molecular flexibility index (Phi) is 34.0. The van der Waals surface area contributed by atoms with Crippen LogP contribution < -0.4 is 21.7 Å². The zero-order valence-electron chi connectivity index (χ0n) is 60.5. The topological polar surface area (TPSA) is 294 Å². The maximum atomic E-state index is 14.9. The van der Waals surface area contributed by atoms with Gasteiger partial charge in [0.1, 0.15) is 18.4 Å². The molecule has 14 atom stereocenters. The van der Waals surface area contributed by atoms with Gasteiger partial charge in [0.25, 0.3) is 0 Å². The maximum absolute atomic E-state index is 14.9. The minimum absolute atomic E-state index is 0.0601. The standard InChI is InChI=1S/C73H113F3N8O14/c1-16-46(8)65(59(96-14)41-62(89)83-36-24-28-55(83)67(97-15)49(11)56(85)37-47(9)66(90)51-25-19-17-20-26-51)81(12)70(93)54(43(2)3)40-58(87)64(45(6)7)82(13)72(95)98-42-50-30-32-53(33-31-50)79-68(91)52(27-23-34-78-71(77)94)39-57(86)63(44(4)5)80-60(73(74,75)76)29-21-18-22-35-84-61(88)38-48(10)69(84)92/h17,19-20,25-26,30-33,43-49,52,54-55,59-60,63-67,80,90H,16,18,21-24,27-29,34-42H2,1-15H3,(H,79,91)(H3,77,78,94)/t46-,47-,48?,49-,52+,54-,55-,59+,60+,63-,64-,65-,66+,67+/m0/s1. The molecule has 8 amide bonds. The number of alkyl halides is 3. The van der Waals surface area contributed by atoms with E-state index in [4.69, 9.17) is 19.9 Å². The van der Waals surface area contributed by atoms with E-state index in [2.05, 4.69) is 16.0 Å². The molecule has 0 radical (unpaired) electrons. The van der Waals surface area contributed by atoms with Gasteiger partial charge in [0.15, 0.2) is 11.6 Å². The number of nitrogens with two attached hydrogens (primary N) is 1. The molecule has 2 saturated heterocycles. The van der Waals surface area contributed by atoms with Gasteiger partial charge in [0, 0.05) is 103 Å². The second kappa shape index (κ2) is 39.8. The van der Waals surface area contributed by atoms with Crippen LogP contribution in [-0.2, 0) is 59.2 Å². The van der Waals surface area contributed by atoms with E-state index in [1.165, 1.54) is 19.1 Å². The highest BCUT2D eigenvalue weighted by molar-refractivity contribution is 6.03. The summed E-state index contributed by atoms with van der Waals surface area (Å²) in [7, 11) is 6.17. The van der Waals surface area contributed by atoms with Crippen LogP contribution in [0.2, 0.25) is 0 Å². The van der Waals surface area contributed by atoms with Crippen molar-refractivity contribution in [3.8, 4) is 0 Å². The Labute approximate surface area is 578 Å². The number of halogens is 3. The van der Waals surface area contributed by atoms with Crippen LogP contribution in [0.15, 0.2) is 54.6 Å². The number of aliphatic hydroxyl groups excluding tert-OH is 1. The molecule has 2 aliphatic heterocycles. The molecular formula is C73H113F3N8O14. The maximum Gasteiger partial charge on any atom is 0.410 e. The molecule has 0 saturated carbocycles. The third kappa shape index (κ3) is 24.2. The minimum atomic E-state index is -4.73. The first-order valence-corrected chi connectivity index (χ1v) is 35.0. The van der Waals surface area contributed by atoms with Crippen LogP contribution in [0.4, 0.5) is 28.4 Å². The zero-order chi connectivity index (χ0) is 73.5. The van der Waals surface area contributed by atoms with E-state index >= 15 is 0 Å². The molecular weight excluding hydrogens is 1270 g/mol. The van der Waals surface area contributed by atoms with Crippen LogP contribution in [0.25, 0.3) is 0 Å². The molecule has 2 aromatic carbocycles. The Bertz CT molecular complexity index is 2940. The number of primary amides is 1. The van der Waals surface area contributed by atoms with Gasteiger partial charge in [-0.2, -0.15) is 13.2 Å². The molecule has 2 fully saturated rings. The summed E-state index contributed by atoms with van der Waals surface area (Å²) in [6.45, 7) is 20.1. The minimum Gasteiger partial charge on any atom is -0.445 e. The van der Waals surface area contributed by atoms with Crippen molar-refractivity contribution in [3.05, 3.63) is 65.7 Å². The Morgan fingerprint density at radius 2 is 1.41 bits per heavy atom. The van der Waals surface area contributed by atoms with Crippen LogP contribution >= 0.6 is 0 Å². The number of ether oxygens (including phenoxy) is 3. The van der Waals surface area contributed by atoms with Crippen molar-refractivity contribution in [2.45, 2.75) is 227 Å². The summed E-state index contributed by atoms with van der Waals surface area (Å²) in [5.74, 6) is -7.54.